The third-order valence-electron chi connectivity index (χ3n) is 5.59. The van der Waals surface area contributed by atoms with Gasteiger partial charge in [0.2, 0.25) is 15.9 Å². The molecule has 0 saturated carbocycles. The summed E-state index contributed by atoms with van der Waals surface area (Å²) >= 11 is 0. The van der Waals surface area contributed by atoms with Gasteiger partial charge in [0.15, 0.2) is 0 Å². The second kappa shape index (κ2) is 8.71. The summed E-state index contributed by atoms with van der Waals surface area (Å²) < 4.78 is 31.6. The van der Waals surface area contributed by atoms with E-state index >= 15 is 0 Å². The van der Waals surface area contributed by atoms with E-state index in [0.717, 1.165) is 25.8 Å². The maximum Gasteiger partial charge on any atom is 0.223 e. The molecule has 2 saturated heterocycles. The Morgan fingerprint density at radius 3 is 2.67 bits per heavy atom. The van der Waals surface area contributed by atoms with Gasteiger partial charge in [0.1, 0.15) is 0 Å². The van der Waals surface area contributed by atoms with Crippen LogP contribution in [0, 0.1) is 13.8 Å². The van der Waals surface area contributed by atoms with Crippen molar-refractivity contribution in [3.63, 3.8) is 0 Å². The molecule has 2 fully saturated rings. The van der Waals surface area contributed by atoms with Gasteiger partial charge in [0.05, 0.1) is 19.0 Å². The second-order valence-electron chi connectivity index (χ2n) is 7.59. The first kappa shape index (κ1) is 20.3. The summed E-state index contributed by atoms with van der Waals surface area (Å²) in [6.45, 7) is 6.53. The van der Waals surface area contributed by atoms with Crippen molar-refractivity contribution in [1.29, 1.82) is 0 Å². The van der Waals surface area contributed by atoms with Gasteiger partial charge in [0.25, 0.3) is 0 Å². The molecule has 0 spiro atoms. The number of likely N-dealkylation sites (tertiary alicyclic amines) is 1. The zero-order valence-corrected chi connectivity index (χ0v) is 17.1. The van der Waals surface area contributed by atoms with Crippen molar-refractivity contribution in [2.45, 2.75) is 45.6 Å². The van der Waals surface area contributed by atoms with E-state index in [4.69, 9.17) is 4.74 Å². The quantitative estimate of drug-likeness (QED) is 0.739. The summed E-state index contributed by atoms with van der Waals surface area (Å²) in [7, 11) is -3.39. The molecular formula is C20H30N2O4S. The number of hydrogen-bond acceptors (Lipinski definition) is 4. The Balaban J connectivity index is 1.59. The number of benzene rings is 1. The molecule has 0 radical (unpaired) electrons. The van der Waals surface area contributed by atoms with Gasteiger partial charge in [-0.15, -0.1) is 0 Å². The summed E-state index contributed by atoms with van der Waals surface area (Å²) in [5.74, 6) is -0.155. The van der Waals surface area contributed by atoms with Gasteiger partial charge in [-0.05, 0) is 44.2 Å². The largest absolute Gasteiger partial charge is 0.379 e. The first-order valence-electron chi connectivity index (χ1n) is 9.78. The van der Waals surface area contributed by atoms with E-state index in [2.05, 4.69) is 32.0 Å². The van der Waals surface area contributed by atoms with Gasteiger partial charge < -0.3 is 9.64 Å². The fourth-order valence-electron chi connectivity index (χ4n) is 3.96. The van der Waals surface area contributed by atoms with Crippen molar-refractivity contribution in [2.75, 3.05) is 38.6 Å². The Morgan fingerprint density at radius 2 is 1.93 bits per heavy atom. The predicted octanol–water partition coefficient (Wildman–Crippen LogP) is 1.89. The Labute approximate surface area is 162 Å². The number of amides is 1. The molecule has 2 aliphatic rings. The maximum atomic E-state index is 12.7. The molecule has 1 unspecified atom stereocenters. The minimum absolute atomic E-state index is 0.0420. The third kappa shape index (κ3) is 5.09. The fraction of sp³-hybridized carbons (Fsp3) is 0.650. The molecule has 0 bridgehead atoms. The topological polar surface area (TPSA) is 66.9 Å². The van der Waals surface area contributed by atoms with E-state index < -0.39 is 10.0 Å². The molecule has 1 amide bonds. The van der Waals surface area contributed by atoms with E-state index in [1.54, 1.807) is 0 Å². The predicted molar refractivity (Wildman–Crippen MR) is 105 cm³/mol. The van der Waals surface area contributed by atoms with Gasteiger partial charge >= 0.3 is 0 Å². The van der Waals surface area contributed by atoms with Crippen molar-refractivity contribution in [1.82, 2.24) is 9.21 Å². The number of rotatable bonds is 6. The molecule has 2 heterocycles. The smallest absolute Gasteiger partial charge is 0.223 e. The molecule has 1 aromatic rings. The summed E-state index contributed by atoms with van der Waals surface area (Å²) in [6, 6.07) is 6.59. The Hall–Kier alpha value is -1.44. The highest BCUT2D eigenvalue weighted by atomic mass is 32.2. The van der Waals surface area contributed by atoms with Gasteiger partial charge in [-0.25, -0.2) is 8.42 Å². The molecule has 0 aliphatic carbocycles. The summed E-state index contributed by atoms with van der Waals surface area (Å²) in [5, 5.41) is 0. The monoisotopic (exact) mass is 394 g/mol. The first-order chi connectivity index (χ1) is 12.9. The van der Waals surface area contributed by atoms with Gasteiger partial charge in [-0.3, -0.25) is 4.79 Å². The van der Waals surface area contributed by atoms with Crippen molar-refractivity contribution in [3.8, 4) is 0 Å². The number of ether oxygens (including phenoxy) is 1. The Bertz CT molecular complexity index is 772. The van der Waals surface area contributed by atoms with E-state index in [-0.39, 0.29) is 24.1 Å². The van der Waals surface area contributed by atoms with Crippen LogP contribution in [0.25, 0.3) is 0 Å². The van der Waals surface area contributed by atoms with E-state index in [1.807, 2.05) is 4.90 Å². The molecule has 27 heavy (non-hydrogen) atoms. The summed E-state index contributed by atoms with van der Waals surface area (Å²) in [6.07, 6.45) is 2.87. The van der Waals surface area contributed by atoms with Crippen LogP contribution in [0.3, 0.4) is 0 Å². The number of carbonyl (C=O) groups is 1. The lowest BCUT2D eigenvalue weighted by Crippen LogP contribution is -2.43. The first-order valence-corrected chi connectivity index (χ1v) is 11.4. The van der Waals surface area contributed by atoms with Crippen LogP contribution < -0.4 is 0 Å². The number of carbonyl (C=O) groups excluding carboxylic acids is 1. The van der Waals surface area contributed by atoms with Crippen molar-refractivity contribution >= 4 is 15.9 Å². The highest BCUT2D eigenvalue weighted by Gasteiger charge is 2.31. The zero-order chi connectivity index (χ0) is 19.4. The lowest BCUT2D eigenvalue weighted by molar-refractivity contribution is -0.131. The van der Waals surface area contributed by atoms with E-state index in [1.165, 1.54) is 21.0 Å². The Morgan fingerprint density at radius 1 is 1.19 bits per heavy atom. The molecule has 0 aromatic heterocycles. The summed E-state index contributed by atoms with van der Waals surface area (Å²) in [5.41, 5.74) is 3.75. The Kier molecular flexibility index (Phi) is 6.55. The van der Waals surface area contributed by atoms with Crippen LogP contribution in [0.15, 0.2) is 18.2 Å². The molecule has 1 aromatic carbocycles. The molecule has 2 aliphatic heterocycles. The van der Waals surface area contributed by atoms with Crippen molar-refractivity contribution in [3.05, 3.63) is 34.9 Å². The van der Waals surface area contributed by atoms with E-state index in [0.29, 0.717) is 26.3 Å². The molecule has 150 valence electrons. The number of hydrogen-bond donors (Lipinski definition) is 0. The minimum Gasteiger partial charge on any atom is -0.379 e. The second-order valence-corrected chi connectivity index (χ2v) is 9.68. The number of nitrogens with zero attached hydrogens (tertiary/aromatic N) is 2. The number of sulfonamides is 1. The van der Waals surface area contributed by atoms with Crippen LogP contribution in [0.5, 0.6) is 0 Å². The van der Waals surface area contributed by atoms with Crippen LogP contribution in [-0.4, -0.2) is 68.2 Å². The van der Waals surface area contributed by atoms with Crippen LogP contribution in [0.2, 0.25) is 0 Å². The molecule has 1 atom stereocenters. The molecule has 6 nitrogen and oxygen atoms in total. The third-order valence-corrected chi connectivity index (χ3v) is 7.47. The highest BCUT2D eigenvalue weighted by Crippen LogP contribution is 2.24. The van der Waals surface area contributed by atoms with Crippen LogP contribution in [0.1, 0.15) is 36.0 Å². The zero-order valence-electron chi connectivity index (χ0n) is 16.3. The maximum absolute atomic E-state index is 12.7. The molecule has 3 rings (SSSR count). The fourth-order valence-corrected chi connectivity index (χ4v) is 5.36. The molecule has 7 heteroatoms. The highest BCUT2D eigenvalue weighted by molar-refractivity contribution is 7.89. The van der Waals surface area contributed by atoms with Crippen LogP contribution in [-0.2, 0) is 26.0 Å². The molecular weight excluding hydrogens is 364 g/mol. The SMILES string of the molecule is Cc1ccc(C)c(CC2CCCN2C(=O)CCS(=O)(=O)N2CCOCC2)c1. The van der Waals surface area contributed by atoms with Crippen molar-refractivity contribution in [2.24, 2.45) is 0 Å². The van der Waals surface area contributed by atoms with E-state index in [9.17, 15) is 13.2 Å². The average molecular weight is 395 g/mol. The average Bonchev–Trinajstić information content (AvgIpc) is 3.12. The van der Waals surface area contributed by atoms with Crippen molar-refractivity contribution < 1.29 is 17.9 Å². The standard InChI is InChI=1S/C20H30N2O4S/c1-16-5-6-17(2)18(14-16)15-19-4-3-8-22(19)20(23)7-13-27(24,25)21-9-11-26-12-10-21/h5-6,14,19H,3-4,7-13,15H2,1-2H3. The number of aryl methyl sites for hydroxylation is 2. The lowest BCUT2D eigenvalue weighted by atomic mass is 9.97. The minimum atomic E-state index is -3.39. The van der Waals surface area contributed by atoms with Gasteiger partial charge in [-0.2, -0.15) is 4.31 Å². The number of morpholine rings is 1. The normalized spacial score (nSPS) is 21.6. The van der Waals surface area contributed by atoms with Gasteiger partial charge in [-0.1, -0.05) is 23.8 Å². The van der Waals surface area contributed by atoms with Crippen LogP contribution >= 0.6 is 0 Å². The van der Waals surface area contributed by atoms with Gasteiger partial charge in [0, 0.05) is 32.1 Å². The lowest BCUT2D eigenvalue weighted by Gasteiger charge is -2.28. The molecule has 0 N–H and O–H groups in total. The summed E-state index contributed by atoms with van der Waals surface area (Å²) in [4.78, 5) is 14.6. The van der Waals surface area contributed by atoms with Crippen LogP contribution in [0.4, 0.5) is 0 Å².